The van der Waals surface area contributed by atoms with Crippen LogP contribution < -0.4 is 5.43 Å². The van der Waals surface area contributed by atoms with Gasteiger partial charge < -0.3 is 4.74 Å². The highest BCUT2D eigenvalue weighted by Crippen LogP contribution is 2.19. The lowest BCUT2D eigenvalue weighted by atomic mass is 10.1. The van der Waals surface area contributed by atoms with Gasteiger partial charge in [-0.15, -0.1) is 0 Å². The van der Waals surface area contributed by atoms with Crippen LogP contribution in [0.5, 0.6) is 0 Å². The monoisotopic (exact) mass is 408 g/mol. The second-order valence-corrected chi connectivity index (χ2v) is 7.53. The molecule has 0 aromatic heterocycles. The van der Waals surface area contributed by atoms with Crippen molar-refractivity contribution in [2.45, 2.75) is 33.3 Å². The number of nitrogens with one attached hydrogen (secondary N) is 1. The summed E-state index contributed by atoms with van der Waals surface area (Å²) < 4.78 is 5.30. The Bertz CT molecular complexity index is 983. The second kappa shape index (κ2) is 8.90. The van der Waals surface area contributed by atoms with Gasteiger partial charge in [0.1, 0.15) is 0 Å². The number of amides is 2. The molecule has 30 heavy (non-hydrogen) atoms. The Kier molecular flexibility index (Phi) is 6.30. The summed E-state index contributed by atoms with van der Waals surface area (Å²) in [6.45, 7) is 5.29. The number of ether oxygens (including phenoxy) is 1. The summed E-state index contributed by atoms with van der Waals surface area (Å²) in [5.74, 6) is -2.50. The van der Waals surface area contributed by atoms with E-state index in [1.165, 1.54) is 6.92 Å². The van der Waals surface area contributed by atoms with E-state index >= 15 is 0 Å². The van der Waals surface area contributed by atoms with Gasteiger partial charge in [0.2, 0.25) is 11.7 Å². The van der Waals surface area contributed by atoms with Gasteiger partial charge in [-0.3, -0.25) is 29.6 Å². The zero-order valence-electron chi connectivity index (χ0n) is 17.2. The van der Waals surface area contributed by atoms with Crippen molar-refractivity contribution < 1.29 is 23.9 Å². The fourth-order valence-electron chi connectivity index (χ4n) is 3.22. The maximum atomic E-state index is 12.5. The van der Waals surface area contributed by atoms with Crippen LogP contribution in [0.1, 0.15) is 45.2 Å². The van der Waals surface area contributed by atoms with E-state index in [-0.39, 0.29) is 24.7 Å². The molecule has 1 fully saturated rings. The van der Waals surface area contributed by atoms with Gasteiger partial charge in [-0.1, -0.05) is 47.5 Å². The second-order valence-electron chi connectivity index (χ2n) is 7.53. The lowest BCUT2D eigenvalue weighted by molar-refractivity contribution is -0.151. The van der Waals surface area contributed by atoms with E-state index in [1.807, 2.05) is 32.0 Å². The maximum Gasteiger partial charge on any atom is 0.312 e. The van der Waals surface area contributed by atoms with Crippen LogP contribution >= 0.6 is 0 Å². The van der Waals surface area contributed by atoms with Crippen molar-refractivity contribution >= 4 is 23.6 Å². The molecule has 3 rings (SSSR count). The number of rotatable bonds is 6. The third kappa shape index (κ3) is 4.92. The number of esters is 1. The van der Waals surface area contributed by atoms with E-state index in [9.17, 15) is 19.2 Å². The molecule has 2 aromatic rings. The van der Waals surface area contributed by atoms with Gasteiger partial charge in [0, 0.05) is 17.5 Å². The summed E-state index contributed by atoms with van der Waals surface area (Å²) in [6.07, 6.45) is -1.05. The number of hydrazine groups is 1. The average Bonchev–Trinajstić information content (AvgIpc) is 3.08. The molecular formula is C23H24N2O5. The number of aryl methyl sites for hydroxylation is 2. The topological polar surface area (TPSA) is 92.8 Å². The first-order chi connectivity index (χ1) is 14.2. The standard InChI is InChI=1S/C23H24N2O5/c1-14-7-9-17(10-8-14)21(27)16(3)30-23(29)19-12-20(26)25(13-19)24-22(28)18-6-4-5-15(2)11-18/h4-11,16,19H,12-13H2,1-3H3,(H,24,28)/t16-,19+/m1/s1. The number of Topliss-reactive ketones (excluding diaryl/α,β-unsaturated/α-hetero) is 1. The van der Waals surface area contributed by atoms with Crippen LogP contribution in [0.25, 0.3) is 0 Å². The van der Waals surface area contributed by atoms with Gasteiger partial charge in [0.05, 0.1) is 12.5 Å². The Morgan fingerprint density at radius 1 is 1.03 bits per heavy atom. The van der Waals surface area contributed by atoms with Gasteiger partial charge in [-0.05, 0) is 32.9 Å². The van der Waals surface area contributed by atoms with Crippen molar-refractivity contribution in [2.75, 3.05) is 6.54 Å². The molecule has 1 heterocycles. The van der Waals surface area contributed by atoms with E-state index in [1.54, 1.807) is 30.3 Å². The first-order valence-corrected chi connectivity index (χ1v) is 9.74. The number of hydrogen-bond acceptors (Lipinski definition) is 5. The molecule has 1 N–H and O–H groups in total. The molecule has 1 saturated heterocycles. The normalized spacial score (nSPS) is 16.8. The largest absolute Gasteiger partial charge is 0.454 e. The maximum absolute atomic E-state index is 12.5. The molecule has 0 radical (unpaired) electrons. The summed E-state index contributed by atoms with van der Waals surface area (Å²) in [5, 5.41) is 1.13. The summed E-state index contributed by atoms with van der Waals surface area (Å²) in [5.41, 5.74) is 5.35. The van der Waals surface area contributed by atoms with E-state index in [4.69, 9.17) is 4.74 Å². The number of carbonyl (C=O) groups excluding carboxylic acids is 4. The minimum atomic E-state index is -0.966. The molecule has 7 nitrogen and oxygen atoms in total. The highest BCUT2D eigenvalue weighted by molar-refractivity contribution is 6.00. The number of carbonyl (C=O) groups is 4. The lowest BCUT2D eigenvalue weighted by Gasteiger charge is -2.18. The highest BCUT2D eigenvalue weighted by atomic mass is 16.5. The van der Waals surface area contributed by atoms with Crippen molar-refractivity contribution in [3.05, 3.63) is 70.8 Å². The van der Waals surface area contributed by atoms with Crippen LogP contribution in [0.4, 0.5) is 0 Å². The van der Waals surface area contributed by atoms with Crippen molar-refractivity contribution in [1.82, 2.24) is 10.4 Å². The summed E-state index contributed by atoms with van der Waals surface area (Å²) in [6, 6.07) is 14.0. The molecule has 1 aliphatic rings. The van der Waals surface area contributed by atoms with E-state index in [0.717, 1.165) is 16.1 Å². The third-order valence-electron chi connectivity index (χ3n) is 4.97. The summed E-state index contributed by atoms with van der Waals surface area (Å²) in [4.78, 5) is 49.5. The van der Waals surface area contributed by atoms with E-state index in [2.05, 4.69) is 5.43 Å². The van der Waals surface area contributed by atoms with Crippen LogP contribution in [0, 0.1) is 19.8 Å². The minimum absolute atomic E-state index is 0.000659. The SMILES string of the molecule is Cc1ccc(C(=O)[C@@H](C)OC(=O)[C@H]2CC(=O)N(NC(=O)c3cccc(C)c3)C2)cc1. The van der Waals surface area contributed by atoms with E-state index < -0.39 is 23.9 Å². The van der Waals surface area contributed by atoms with Gasteiger partial charge in [-0.25, -0.2) is 0 Å². The van der Waals surface area contributed by atoms with Crippen LogP contribution in [-0.4, -0.2) is 41.2 Å². The van der Waals surface area contributed by atoms with Gasteiger partial charge in [0.25, 0.3) is 5.91 Å². The Hall–Kier alpha value is -3.48. The van der Waals surface area contributed by atoms with Crippen molar-refractivity contribution in [1.29, 1.82) is 0 Å². The van der Waals surface area contributed by atoms with Crippen molar-refractivity contribution in [3.63, 3.8) is 0 Å². The number of benzene rings is 2. The first kappa shape index (κ1) is 21.2. The molecule has 156 valence electrons. The summed E-state index contributed by atoms with van der Waals surface area (Å²) >= 11 is 0. The van der Waals surface area contributed by atoms with E-state index in [0.29, 0.717) is 11.1 Å². The predicted molar refractivity (Wildman–Crippen MR) is 110 cm³/mol. The molecule has 7 heteroatoms. The molecule has 1 aliphatic heterocycles. The molecule has 2 amide bonds. The fraction of sp³-hybridized carbons (Fsp3) is 0.304. The molecule has 2 aromatic carbocycles. The van der Waals surface area contributed by atoms with Gasteiger partial charge in [0.15, 0.2) is 6.10 Å². The Morgan fingerprint density at radius 3 is 2.40 bits per heavy atom. The molecule has 0 bridgehead atoms. The number of nitrogens with zero attached hydrogens (tertiary/aromatic N) is 1. The molecule has 0 unspecified atom stereocenters. The fourth-order valence-corrected chi connectivity index (χ4v) is 3.22. The Morgan fingerprint density at radius 2 is 1.73 bits per heavy atom. The molecule has 2 atom stereocenters. The quantitative estimate of drug-likeness (QED) is 0.586. The molecule has 0 aliphatic carbocycles. The van der Waals surface area contributed by atoms with Crippen LogP contribution in [0.3, 0.4) is 0 Å². The summed E-state index contributed by atoms with van der Waals surface area (Å²) in [7, 11) is 0. The molecule has 0 saturated carbocycles. The van der Waals surface area contributed by atoms with Crippen LogP contribution in [0.2, 0.25) is 0 Å². The Balaban J connectivity index is 1.57. The smallest absolute Gasteiger partial charge is 0.312 e. The Labute approximate surface area is 175 Å². The number of hydrogen-bond donors (Lipinski definition) is 1. The molecular weight excluding hydrogens is 384 g/mol. The third-order valence-corrected chi connectivity index (χ3v) is 4.97. The molecule has 0 spiro atoms. The zero-order valence-corrected chi connectivity index (χ0v) is 17.2. The van der Waals surface area contributed by atoms with Crippen molar-refractivity contribution in [3.8, 4) is 0 Å². The highest BCUT2D eigenvalue weighted by Gasteiger charge is 2.37. The number of ketones is 1. The average molecular weight is 408 g/mol. The van der Waals surface area contributed by atoms with Gasteiger partial charge >= 0.3 is 5.97 Å². The predicted octanol–water partition coefficient (Wildman–Crippen LogP) is 2.61. The lowest BCUT2D eigenvalue weighted by Crippen LogP contribution is -2.43. The minimum Gasteiger partial charge on any atom is -0.454 e. The first-order valence-electron chi connectivity index (χ1n) is 9.74. The van der Waals surface area contributed by atoms with Crippen molar-refractivity contribution in [2.24, 2.45) is 5.92 Å². The van der Waals surface area contributed by atoms with Crippen LogP contribution in [0.15, 0.2) is 48.5 Å². The van der Waals surface area contributed by atoms with Gasteiger partial charge in [-0.2, -0.15) is 0 Å². The van der Waals surface area contributed by atoms with Crippen LogP contribution in [-0.2, 0) is 14.3 Å². The zero-order chi connectivity index (χ0) is 21.8.